The second-order valence-electron chi connectivity index (χ2n) is 5.09. The summed E-state index contributed by atoms with van der Waals surface area (Å²) < 4.78 is 67.9. The second-order valence-corrected chi connectivity index (χ2v) is 6.74. The van der Waals surface area contributed by atoms with Gasteiger partial charge >= 0.3 is 6.36 Å². The minimum absolute atomic E-state index is 0.411. The zero-order valence-corrected chi connectivity index (χ0v) is 12.0. The van der Waals surface area contributed by atoms with Crippen molar-refractivity contribution in [2.75, 3.05) is 13.1 Å². The van der Waals surface area contributed by atoms with Gasteiger partial charge in [-0.15, -0.1) is 13.2 Å². The third-order valence-corrected chi connectivity index (χ3v) is 4.79. The van der Waals surface area contributed by atoms with E-state index >= 15 is 0 Å². The maximum absolute atomic E-state index is 12.3. The highest BCUT2D eigenvalue weighted by Gasteiger charge is 2.37. The Labute approximate surface area is 120 Å². The van der Waals surface area contributed by atoms with Crippen LogP contribution < -0.4 is 14.8 Å². The lowest BCUT2D eigenvalue weighted by Gasteiger charge is -2.24. The Morgan fingerprint density at radius 1 is 1.33 bits per heavy atom. The van der Waals surface area contributed by atoms with E-state index in [1.807, 2.05) is 0 Å². The fourth-order valence-electron chi connectivity index (χ4n) is 2.16. The third kappa shape index (κ3) is 4.08. The molecule has 2 rings (SSSR count). The first-order valence-electron chi connectivity index (χ1n) is 6.21. The highest BCUT2D eigenvalue weighted by Crippen LogP contribution is 2.30. The molecular weight excluding hydrogens is 309 g/mol. The molecule has 0 saturated carbocycles. The number of nitrogens with one attached hydrogen (secondary N) is 2. The number of halogens is 3. The van der Waals surface area contributed by atoms with Gasteiger partial charge in [0.1, 0.15) is 10.6 Å². The molecule has 1 unspecified atom stereocenters. The number of hydrogen-bond donors (Lipinski definition) is 2. The Hall–Kier alpha value is -1.32. The van der Waals surface area contributed by atoms with Crippen LogP contribution in [-0.4, -0.2) is 33.4 Å². The van der Waals surface area contributed by atoms with Crippen molar-refractivity contribution in [3.8, 4) is 5.75 Å². The molecule has 9 heteroatoms. The number of para-hydroxylation sites is 1. The van der Waals surface area contributed by atoms with E-state index in [9.17, 15) is 21.6 Å². The van der Waals surface area contributed by atoms with Crippen LogP contribution in [-0.2, 0) is 10.0 Å². The molecule has 0 radical (unpaired) electrons. The van der Waals surface area contributed by atoms with Gasteiger partial charge in [0.25, 0.3) is 0 Å². The van der Waals surface area contributed by atoms with Crippen LogP contribution in [0.5, 0.6) is 5.75 Å². The highest BCUT2D eigenvalue weighted by molar-refractivity contribution is 7.89. The molecule has 0 aromatic heterocycles. The molecule has 1 fully saturated rings. The lowest BCUT2D eigenvalue weighted by Crippen LogP contribution is -2.47. The molecule has 2 N–H and O–H groups in total. The number of alkyl halides is 3. The van der Waals surface area contributed by atoms with Crippen LogP contribution >= 0.6 is 0 Å². The van der Waals surface area contributed by atoms with Crippen LogP contribution in [0.2, 0.25) is 0 Å². The quantitative estimate of drug-likeness (QED) is 0.883. The van der Waals surface area contributed by atoms with E-state index in [2.05, 4.69) is 14.8 Å². The number of ether oxygens (including phenoxy) is 1. The standard InChI is InChI=1S/C12H15F3N2O3S/c1-11(6-7-16-8-11)17-21(18,19)10-5-3-2-4-9(10)20-12(13,14)15/h2-5,16-17H,6-8H2,1H3. The van der Waals surface area contributed by atoms with E-state index in [0.29, 0.717) is 19.5 Å². The van der Waals surface area contributed by atoms with Crippen molar-refractivity contribution in [3.05, 3.63) is 24.3 Å². The normalized spacial score (nSPS) is 23.2. The molecule has 1 aliphatic heterocycles. The topological polar surface area (TPSA) is 67.4 Å². The van der Waals surface area contributed by atoms with Gasteiger partial charge < -0.3 is 10.1 Å². The van der Waals surface area contributed by atoms with Crippen LogP contribution in [0.15, 0.2) is 29.2 Å². The Kier molecular flexibility index (Phi) is 4.18. The monoisotopic (exact) mass is 324 g/mol. The fourth-order valence-corrected chi connectivity index (χ4v) is 3.73. The minimum Gasteiger partial charge on any atom is -0.404 e. The van der Waals surface area contributed by atoms with E-state index in [1.165, 1.54) is 12.1 Å². The van der Waals surface area contributed by atoms with Crippen LogP contribution in [0, 0.1) is 0 Å². The van der Waals surface area contributed by atoms with E-state index < -0.39 is 32.6 Å². The number of rotatable bonds is 4. The predicted octanol–water partition coefficient (Wildman–Crippen LogP) is 1.62. The van der Waals surface area contributed by atoms with Gasteiger partial charge in [0.05, 0.1) is 0 Å². The Morgan fingerprint density at radius 3 is 2.57 bits per heavy atom. The summed E-state index contributed by atoms with van der Waals surface area (Å²) in [5.41, 5.74) is -0.732. The summed E-state index contributed by atoms with van der Waals surface area (Å²) in [6.07, 6.45) is -4.40. The van der Waals surface area contributed by atoms with E-state index in [0.717, 1.165) is 12.1 Å². The predicted molar refractivity (Wildman–Crippen MR) is 69.3 cm³/mol. The first-order chi connectivity index (χ1) is 9.61. The van der Waals surface area contributed by atoms with Crippen molar-refractivity contribution in [1.29, 1.82) is 0 Å². The number of hydrogen-bond acceptors (Lipinski definition) is 4. The van der Waals surface area contributed by atoms with Gasteiger partial charge in [-0.25, -0.2) is 13.1 Å². The summed E-state index contributed by atoms with van der Waals surface area (Å²) in [7, 11) is -4.12. The van der Waals surface area contributed by atoms with Crippen molar-refractivity contribution in [2.45, 2.75) is 30.1 Å². The first kappa shape index (κ1) is 16.1. The van der Waals surface area contributed by atoms with Crippen LogP contribution in [0.25, 0.3) is 0 Å². The second kappa shape index (κ2) is 5.47. The minimum atomic E-state index is -4.95. The molecule has 5 nitrogen and oxygen atoms in total. The van der Waals surface area contributed by atoms with Crippen molar-refractivity contribution in [3.63, 3.8) is 0 Å². The van der Waals surface area contributed by atoms with Crippen molar-refractivity contribution in [2.24, 2.45) is 0 Å². The molecule has 1 aromatic carbocycles. The molecule has 0 amide bonds. The number of sulfonamides is 1. The van der Waals surface area contributed by atoms with Gasteiger partial charge in [-0.1, -0.05) is 12.1 Å². The molecule has 0 aliphatic carbocycles. The van der Waals surface area contributed by atoms with E-state index in [4.69, 9.17) is 0 Å². The van der Waals surface area contributed by atoms with Crippen LogP contribution in [0.4, 0.5) is 13.2 Å². The highest BCUT2D eigenvalue weighted by atomic mass is 32.2. The lowest BCUT2D eigenvalue weighted by atomic mass is 10.0. The van der Waals surface area contributed by atoms with Crippen molar-refractivity contribution in [1.82, 2.24) is 10.0 Å². The largest absolute Gasteiger partial charge is 0.573 e. The average molecular weight is 324 g/mol. The molecule has 1 saturated heterocycles. The Morgan fingerprint density at radius 2 is 2.00 bits per heavy atom. The summed E-state index contributed by atoms with van der Waals surface area (Å²) in [5, 5.41) is 3.00. The van der Waals surface area contributed by atoms with Gasteiger partial charge in [-0.2, -0.15) is 0 Å². The van der Waals surface area contributed by atoms with Crippen molar-refractivity contribution < 1.29 is 26.3 Å². The Balaban J connectivity index is 2.32. The summed E-state index contributed by atoms with van der Waals surface area (Å²) in [4.78, 5) is -0.532. The molecule has 1 heterocycles. The van der Waals surface area contributed by atoms with E-state index in [1.54, 1.807) is 6.92 Å². The van der Waals surface area contributed by atoms with Gasteiger partial charge in [-0.3, -0.25) is 0 Å². The Bertz CT molecular complexity index is 610. The van der Waals surface area contributed by atoms with Gasteiger partial charge in [0, 0.05) is 12.1 Å². The lowest BCUT2D eigenvalue weighted by molar-refractivity contribution is -0.275. The number of benzene rings is 1. The van der Waals surface area contributed by atoms with Gasteiger partial charge in [-0.05, 0) is 32.0 Å². The molecule has 1 atom stereocenters. The molecule has 0 spiro atoms. The van der Waals surface area contributed by atoms with Crippen molar-refractivity contribution >= 4 is 10.0 Å². The SMILES string of the molecule is CC1(NS(=O)(=O)c2ccccc2OC(F)(F)F)CCNC1. The maximum Gasteiger partial charge on any atom is 0.573 e. The average Bonchev–Trinajstić information content (AvgIpc) is 2.73. The zero-order chi connectivity index (χ0) is 15.7. The smallest absolute Gasteiger partial charge is 0.404 e. The molecule has 118 valence electrons. The van der Waals surface area contributed by atoms with E-state index in [-0.39, 0.29) is 0 Å². The summed E-state index contributed by atoms with van der Waals surface area (Å²) in [5.74, 6) is -0.743. The van der Waals surface area contributed by atoms with Gasteiger partial charge in [0.2, 0.25) is 10.0 Å². The summed E-state index contributed by atoms with van der Waals surface area (Å²) in [6.45, 7) is 2.74. The summed E-state index contributed by atoms with van der Waals surface area (Å²) >= 11 is 0. The van der Waals surface area contributed by atoms with Gasteiger partial charge in [0.15, 0.2) is 0 Å². The first-order valence-corrected chi connectivity index (χ1v) is 7.69. The van der Waals surface area contributed by atoms with Crippen LogP contribution in [0.3, 0.4) is 0 Å². The molecule has 1 aliphatic rings. The van der Waals surface area contributed by atoms with Crippen LogP contribution in [0.1, 0.15) is 13.3 Å². The summed E-state index contributed by atoms with van der Waals surface area (Å²) in [6, 6.07) is 4.67. The molecule has 21 heavy (non-hydrogen) atoms. The molecule has 1 aromatic rings. The fraction of sp³-hybridized carbons (Fsp3) is 0.500. The maximum atomic E-state index is 12.3. The molecular formula is C12H15F3N2O3S. The zero-order valence-electron chi connectivity index (χ0n) is 11.2. The molecule has 0 bridgehead atoms. The third-order valence-electron chi connectivity index (χ3n) is 3.11.